The van der Waals surface area contributed by atoms with Gasteiger partial charge in [0.2, 0.25) is 5.91 Å². The van der Waals surface area contributed by atoms with Gasteiger partial charge in [0.1, 0.15) is 0 Å². The molecule has 0 bridgehead atoms. The van der Waals surface area contributed by atoms with Crippen molar-refractivity contribution in [1.82, 2.24) is 14.7 Å². The molecular formula is C22H28N4O2. The van der Waals surface area contributed by atoms with Crippen molar-refractivity contribution in [2.24, 2.45) is 5.41 Å². The van der Waals surface area contributed by atoms with Crippen LogP contribution < -0.4 is 5.32 Å². The molecule has 1 aromatic carbocycles. The molecule has 1 spiro atoms. The van der Waals surface area contributed by atoms with Gasteiger partial charge in [-0.15, -0.1) is 0 Å². The average molecular weight is 380 g/mol. The summed E-state index contributed by atoms with van der Waals surface area (Å²) >= 11 is 0. The van der Waals surface area contributed by atoms with Crippen molar-refractivity contribution in [1.29, 1.82) is 0 Å². The summed E-state index contributed by atoms with van der Waals surface area (Å²) < 4.78 is 7.39. The van der Waals surface area contributed by atoms with Crippen LogP contribution in [-0.4, -0.2) is 46.9 Å². The van der Waals surface area contributed by atoms with E-state index in [4.69, 9.17) is 4.74 Å². The van der Waals surface area contributed by atoms with Crippen molar-refractivity contribution in [3.8, 4) is 0 Å². The molecule has 3 aliphatic rings. The Kier molecular flexibility index (Phi) is 4.10. The van der Waals surface area contributed by atoms with Gasteiger partial charge in [0, 0.05) is 29.4 Å². The molecule has 2 saturated heterocycles. The molecule has 0 unspecified atom stereocenters. The molecule has 2 aromatic rings. The lowest BCUT2D eigenvalue weighted by molar-refractivity contribution is -0.122. The normalized spacial score (nSPS) is 22.7. The zero-order valence-corrected chi connectivity index (χ0v) is 16.7. The van der Waals surface area contributed by atoms with E-state index in [1.807, 2.05) is 16.9 Å². The van der Waals surface area contributed by atoms with E-state index >= 15 is 0 Å². The summed E-state index contributed by atoms with van der Waals surface area (Å²) in [5.41, 5.74) is 4.53. The number of nitrogens with zero attached hydrogens (tertiary/aromatic N) is 3. The van der Waals surface area contributed by atoms with E-state index in [9.17, 15) is 4.79 Å². The molecular weight excluding hydrogens is 352 g/mol. The zero-order valence-electron chi connectivity index (χ0n) is 16.7. The second kappa shape index (κ2) is 6.42. The van der Waals surface area contributed by atoms with Crippen LogP contribution in [0, 0.1) is 12.3 Å². The highest BCUT2D eigenvalue weighted by Crippen LogP contribution is 2.45. The van der Waals surface area contributed by atoms with Gasteiger partial charge < -0.3 is 10.1 Å². The number of hydrogen-bond acceptors (Lipinski definition) is 4. The first kappa shape index (κ1) is 17.9. The summed E-state index contributed by atoms with van der Waals surface area (Å²) in [6.07, 6.45) is 5.89. The van der Waals surface area contributed by atoms with Crippen LogP contribution in [0.3, 0.4) is 0 Å². The standard InChI is InChI=1S/C22H28N4O2/c1-16-3-4-19-18(9-16)22(20(27)24-19)5-7-25(8-6-22)11-17-10-23-26(12-17)13-21(2)14-28-15-21/h3-4,9-10,12H,5-8,11,13-15H2,1-2H3,(H,24,27). The molecule has 1 aromatic heterocycles. The summed E-state index contributed by atoms with van der Waals surface area (Å²) in [5, 5.41) is 7.65. The van der Waals surface area contributed by atoms with E-state index in [1.165, 1.54) is 16.7 Å². The predicted molar refractivity (Wildman–Crippen MR) is 107 cm³/mol. The smallest absolute Gasteiger partial charge is 0.235 e. The number of hydrogen-bond donors (Lipinski definition) is 1. The van der Waals surface area contributed by atoms with E-state index in [1.54, 1.807) is 0 Å². The van der Waals surface area contributed by atoms with Gasteiger partial charge in [-0.25, -0.2) is 0 Å². The number of likely N-dealkylation sites (tertiary alicyclic amines) is 1. The number of carbonyl (C=O) groups excluding carboxylic acids is 1. The third-order valence-corrected chi connectivity index (χ3v) is 6.62. The minimum absolute atomic E-state index is 0.177. The van der Waals surface area contributed by atoms with E-state index in [2.05, 4.69) is 47.5 Å². The number of fused-ring (bicyclic) bond motifs is 2. The second-order valence-electron chi connectivity index (χ2n) is 9.21. The lowest BCUT2D eigenvalue weighted by Gasteiger charge is -2.38. The van der Waals surface area contributed by atoms with Crippen molar-refractivity contribution in [2.45, 2.75) is 45.2 Å². The number of ether oxygens (including phenoxy) is 1. The topological polar surface area (TPSA) is 59.4 Å². The molecule has 3 aliphatic heterocycles. The van der Waals surface area contributed by atoms with Crippen LogP contribution in [0.25, 0.3) is 0 Å². The highest BCUT2D eigenvalue weighted by Gasteiger charge is 2.48. The monoisotopic (exact) mass is 380 g/mol. The van der Waals surface area contributed by atoms with Crippen molar-refractivity contribution in [3.05, 3.63) is 47.3 Å². The fourth-order valence-electron chi connectivity index (χ4n) is 4.88. The first-order chi connectivity index (χ1) is 13.5. The summed E-state index contributed by atoms with van der Waals surface area (Å²) in [7, 11) is 0. The molecule has 148 valence electrons. The fourth-order valence-corrected chi connectivity index (χ4v) is 4.88. The van der Waals surface area contributed by atoms with Crippen molar-refractivity contribution in [3.63, 3.8) is 0 Å². The number of aromatic nitrogens is 2. The summed E-state index contributed by atoms with van der Waals surface area (Å²) in [6, 6.07) is 6.31. The third-order valence-electron chi connectivity index (χ3n) is 6.62. The maximum absolute atomic E-state index is 12.8. The van der Waals surface area contributed by atoms with Crippen LogP contribution in [0.15, 0.2) is 30.6 Å². The number of rotatable bonds is 4. The molecule has 0 aliphatic carbocycles. The quantitative estimate of drug-likeness (QED) is 0.886. The highest BCUT2D eigenvalue weighted by atomic mass is 16.5. The lowest BCUT2D eigenvalue weighted by atomic mass is 9.73. The van der Waals surface area contributed by atoms with Crippen molar-refractivity contribution < 1.29 is 9.53 Å². The Labute approximate surface area is 165 Å². The van der Waals surface area contributed by atoms with E-state index in [-0.39, 0.29) is 16.7 Å². The van der Waals surface area contributed by atoms with Crippen molar-refractivity contribution in [2.75, 3.05) is 31.6 Å². The highest BCUT2D eigenvalue weighted by molar-refractivity contribution is 6.06. The Morgan fingerprint density at radius 1 is 1.25 bits per heavy atom. The number of carbonyl (C=O) groups is 1. The molecule has 1 amide bonds. The zero-order chi connectivity index (χ0) is 19.4. The van der Waals surface area contributed by atoms with Gasteiger partial charge in [-0.05, 0) is 44.5 Å². The molecule has 6 nitrogen and oxygen atoms in total. The predicted octanol–water partition coefficient (Wildman–Crippen LogP) is 2.71. The summed E-state index contributed by atoms with van der Waals surface area (Å²) in [4.78, 5) is 15.2. The molecule has 0 radical (unpaired) electrons. The van der Waals surface area contributed by atoms with Gasteiger partial charge in [-0.3, -0.25) is 14.4 Å². The molecule has 2 fully saturated rings. The van der Waals surface area contributed by atoms with Crippen LogP contribution in [0.5, 0.6) is 0 Å². The first-order valence-corrected chi connectivity index (χ1v) is 10.2. The third kappa shape index (κ3) is 2.95. The van der Waals surface area contributed by atoms with E-state index in [0.29, 0.717) is 0 Å². The SMILES string of the molecule is Cc1ccc2c(c1)C1(CCN(Cc3cnn(CC4(C)COC4)c3)CC1)C(=O)N2. The Hall–Kier alpha value is -2.18. The number of piperidine rings is 1. The number of anilines is 1. The second-order valence-corrected chi connectivity index (χ2v) is 9.21. The summed E-state index contributed by atoms with van der Waals surface area (Å²) in [5.74, 6) is 0.177. The number of aryl methyl sites for hydroxylation is 1. The minimum Gasteiger partial charge on any atom is -0.380 e. The Bertz CT molecular complexity index is 907. The number of nitrogens with one attached hydrogen (secondary N) is 1. The Morgan fingerprint density at radius 3 is 2.75 bits per heavy atom. The average Bonchev–Trinajstić information content (AvgIpc) is 3.19. The Morgan fingerprint density at radius 2 is 2.04 bits per heavy atom. The van der Waals surface area contributed by atoms with Crippen LogP contribution in [0.4, 0.5) is 5.69 Å². The fraction of sp³-hybridized carbons (Fsp3) is 0.545. The van der Waals surface area contributed by atoms with E-state index in [0.717, 1.165) is 57.9 Å². The van der Waals surface area contributed by atoms with Crippen LogP contribution >= 0.6 is 0 Å². The lowest BCUT2D eigenvalue weighted by Crippen LogP contribution is -2.46. The molecule has 0 saturated carbocycles. The van der Waals surface area contributed by atoms with Crippen LogP contribution in [0.1, 0.15) is 36.5 Å². The Balaban J connectivity index is 1.24. The largest absolute Gasteiger partial charge is 0.380 e. The van der Waals surface area contributed by atoms with Crippen LogP contribution in [-0.2, 0) is 28.0 Å². The van der Waals surface area contributed by atoms with Gasteiger partial charge in [-0.1, -0.05) is 24.6 Å². The molecule has 1 N–H and O–H groups in total. The van der Waals surface area contributed by atoms with Crippen LogP contribution in [0.2, 0.25) is 0 Å². The first-order valence-electron chi connectivity index (χ1n) is 10.2. The molecule has 5 rings (SSSR count). The number of amides is 1. The molecule has 0 atom stereocenters. The molecule has 6 heteroatoms. The number of benzene rings is 1. The molecule has 4 heterocycles. The maximum Gasteiger partial charge on any atom is 0.235 e. The van der Waals surface area contributed by atoms with Gasteiger partial charge >= 0.3 is 0 Å². The van der Waals surface area contributed by atoms with Gasteiger partial charge in [0.15, 0.2) is 0 Å². The maximum atomic E-state index is 12.8. The minimum atomic E-state index is -0.346. The van der Waals surface area contributed by atoms with Gasteiger partial charge in [0.05, 0.1) is 31.4 Å². The molecule has 28 heavy (non-hydrogen) atoms. The van der Waals surface area contributed by atoms with Gasteiger partial charge in [0.25, 0.3) is 0 Å². The van der Waals surface area contributed by atoms with Crippen molar-refractivity contribution >= 4 is 11.6 Å². The van der Waals surface area contributed by atoms with E-state index < -0.39 is 0 Å². The van der Waals surface area contributed by atoms with Gasteiger partial charge in [-0.2, -0.15) is 5.10 Å². The summed E-state index contributed by atoms with van der Waals surface area (Å²) in [6.45, 7) is 9.64.